The van der Waals surface area contributed by atoms with Crippen LogP contribution in [-0.2, 0) is 11.3 Å². The van der Waals surface area contributed by atoms with Gasteiger partial charge in [-0.3, -0.25) is 4.90 Å². The van der Waals surface area contributed by atoms with Crippen LogP contribution in [0.2, 0.25) is 5.02 Å². The minimum Gasteiger partial charge on any atom is -0.444 e. The van der Waals surface area contributed by atoms with Crippen molar-refractivity contribution in [2.24, 2.45) is 0 Å². The van der Waals surface area contributed by atoms with Crippen molar-refractivity contribution in [2.45, 2.75) is 39.1 Å². The number of carbonyl (C=O) groups is 1. The minimum absolute atomic E-state index is 0.249. The molecule has 0 aliphatic carbocycles. The first-order chi connectivity index (χ1) is 9.87. The Morgan fingerprint density at radius 1 is 1.32 bits per heavy atom. The summed E-state index contributed by atoms with van der Waals surface area (Å²) in [4.78, 5) is 12.6. The maximum absolute atomic E-state index is 12.7. The lowest BCUT2D eigenvalue weighted by Crippen LogP contribution is -2.41. The molecule has 22 heavy (non-hydrogen) atoms. The zero-order valence-corrected chi connectivity index (χ0v) is 14.6. The molecule has 0 aromatic heterocycles. The van der Waals surface area contributed by atoms with Crippen LogP contribution in [0, 0.1) is 0 Å². The van der Waals surface area contributed by atoms with Gasteiger partial charge in [-0.25, -0.2) is 4.79 Å². The molecule has 124 valence electrons. The van der Waals surface area contributed by atoms with E-state index in [4.69, 9.17) is 16.3 Å². The molecule has 0 spiro atoms. The van der Waals surface area contributed by atoms with E-state index >= 15 is 0 Å². The third-order valence-corrected chi connectivity index (χ3v) is 3.61. The van der Waals surface area contributed by atoms with Gasteiger partial charge in [-0.2, -0.15) is 13.2 Å². The number of rotatable bonds is 3. The Hall–Kier alpha value is -0.950. The molecular formula is C14H16BrClF3NO2. The molecular weight excluding hydrogens is 387 g/mol. The molecule has 0 heterocycles. The smallest absolute Gasteiger partial charge is 0.410 e. The molecule has 0 saturated carbocycles. The summed E-state index contributed by atoms with van der Waals surface area (Å²) in [6.07, 6.45) is -5.54. The highest BCUT2D eigenvalue weighted by Crippen LogP contribution is 2.25. The van der Waals surface area contributed by atoms with Gasteiger partial charge in [0, 0.05) is 11.0 Å². The largest absolute Gasteiger partial charge is 0.444 e. The average Bonchev–Trinajstić information content (AvgIpc) is 2.29. The molecule has 3 nitrogen and oxygen atoms in total. The second-order valence-corrected chi connectivity index (χ2v) is 6.96. The van der Waals surface area contributed by atoms with Gasteiger partial charge in [-0.15, -0.1) is 0 Å². The second kappa shape index (κ2) is 7.08. The Labute approximate surface area is 140 Å². The Balaban J connectivity index is 2.94. The van der Waals surface area contributed by atoms with Crippen molar-refractivity contribution in [2.75, 3.05) is 6.54 Å². The van der Waals surface area contributed by atoms with Crippen LogP contribution >= 0.6 is 27.5 Å². The summed E-state index contributed by atoms with van der Waals surface area (Å²) in [6, 6.07) is 4.70. The molecule has 0 bridgehead atoms. The van der Waals surface area contributed by atoms with Crippen molar-refractivity contribution in [3.8, 4) is 0 Å². The van der Waals surface area contributed by atoms with Crippen molar-refractivity contribution >= 4 is 33.6 Å². The maximum atomic E-state index is 12.7. The first kappa shape index (κ1) is 19.1. The number of hydrogen-bond donors (Lipinski definition) is 0. The lowest BCUT2D eigenvalue weighted by Gasteiger charge is -2.28. The number of hydrogen-bond acceptors (Lipinski definition) is 2. The topological polar surface area (TPSA) is 29.5 Å². The van der Waals surface area contributed by atoms with E-state index in [1.807, 2.05) is 0 Å². The van der Waals surface area contributed by atoms with E-state index in [-0.39, 0.29) is 6.54 Å². The lowest BCUT2D eigenvalue weighted by molar-refractivity contribution is -0.145. The molecule has 0 aliphatic heterocycles. The van der Waals surface area contributed by atoms with E-state index in [0.29, 0.717) is 20.0 Å². The minimum atomic E-state index is -4.52. The monoisotopic (exact) mass is 401 g/mol. The second-order valence-electron chi connectivity index (χ2n) is 5.70. The molecule has 0 aliphatic rings. The summed E-state index contributed by atoms with van der Waals surface area (Å²) in [7, 11) is 0. The van der Waals surface area contributed by atoms with Crippen molar-refractivity contribution in [1.82, 2.24) is 4.90 Å². The Morgan fingerprint density at radius 3 is 2.36 bits per heavy atom. The normalized spacial score (nSPS) is 12.2. The van der Waals surface area contributed by atoms with E-state index < -0.39 is 24.4 Å². The summed E-state index contributed by atoms with van der Waals surface area (Å²) in [6.45, 7) is 3.13. The zero-order valence-electron chi connectivity index (χ0n) is 12.3. The molecule has 1 aromatic rings. The molecule has 0 saturated heterocycles. The fourth-order valence-corrected chi connectivity index (χ4v) is 2.04. The highest BCUT2D eigenvalue weighted by molar-refractivity contribution is 9.10. The number of nitrogens with zero attached hydrogens (tertiary/aromatic N) is 1. The van der Waals surface area contributed by atoms with E-state index in [0.717, 1.165) is 0 Å². The maximum Gasteiger partial charge on any atom is 0.410 e. The van der Waals surface area contributed by atoms with Crippen LogP contribution in [0.25, 0.3) is 0 Å². The molecule has 1 aromatic carbocycles. The van der Waals surface area contributed by atoms with Gasteiger partial charge < -0.3 is 4.74 Å². The summed E-state index contributed by atoms with van der Waals surface area (Å²) < 4.78 is 43.6. The number of halogens is 5. The van der Waals surface area contributed by atoms with Crippen LogP contribution in [0.4, 0.5) is 18.0 Å². The Kier molecular flexibility index (Phi) is 6.15. The Morgan fingerprint density at radius 2 is 1.91 bits per heavy atom. The van der Waals surface area contributed by atoms with Crippen molar-refractivity contribution in [3.63, 3.8) is 0 Å². The predicted octanol–water partition coefficient (Wildman–Crippen LogP) is 5.40. The van der Waals surface area contributed by atoms with Gasteiger partial charge in [0.25, 0.3) is 0 Å². The van der Waals surface area contributed by atoms with E-state index in [1.54, 1.807) is 32.9 Å². The van der Waals surface area contributed by atoms with E-state index in [2.05, 4.69) is 15.9 Å². The van der Waals surface area contributed by atoms with Gasteiger partial charge in [-0.05, 0) is 54.4 Å². The van der Waals surface area contributed by atoms with E-state index in [1.165, 1.54) is 6.07 Å². The molecule has 0 N–H and O–H groups in total. The molecule has 1 amide bonds. The number of benzene rings is 1. The third kappa shape index (κ3) is 6.87. The van der Waals surface area contributed by atoms with Gasteiger partial charge >= 0.3 is 12.3 Å². The van der Waals surface area contributed by atoms with Gasteiger partial charge in [-0.1, -0.05) is 17.7 Å². The summed E-state index contributed by atoms with van der Waals surface area (Å²) >= 11 is 9.11. The SMILES string of the molecule is CC(C)(C)OC(=O)N(Cc1ccc(Br)c(Cl)c1)CC(F)(F)F. The van der Waals surface area contributed by atoms with Gasteiger partial charge in [0.15, 0.2) is 0 Å². The quantitative estimate of drug-likeness (QED) is 0.677. The number of alkyl halides is 3. The van der Waals surface area contributed by atoms with Crippen LogP contribution < -0.4 is 0 Å². The number of ether oxygens (including phenoxy) is 1. The molecule has 0 radical (unpaired) electrons. The Bertz CT molecular complexity index is 544. The summed E-state index contributed by atoms with van der Waals surface area (Å²) in [5, 5.41) is 0.355. The fourth-order valence-electron chi connectivity index (χ4n) is 1.59. The molecule has 1 rings (SSSR count). The van der Waals surface area contributed by atoms with Gasteiger partial charge in [0.1, 0.15) is 12.1 Å². The van der Waals surface area contributed by atoms with Crippen LogP contribution in [0.5, 0.6) is 0 Å². The lowest BCUT2D eigenvalue weighted by atomic mass is 10.2. The standard InChI is InChI=1S/C14H16BrClF3NO2/c1-13(2,3)22-12(21)20(8-14(17,18)19)7-9-4-5-10(15)11(16)6-9/h4-6H,7-8H2,1-3H3. The number of amides is 1. The highest BCUT2D eigenvalue weighted by atomic mass is 79.9. The first-order valence-corrected chi connectivity index (χ1v) is 7.53. The number of carbonyl (C=O) groups excluding carboxylic acids is 1. The molecule has 0 atom stereocenters. The predicted molar refractivity (Wildman–Crippen MR) is 81.9 cm³/mol. The van der Waals surface area contributed by atoms with E-state index in [9.17, 15) is 18.0 Å². The average molecular weight is 403 g/mol. The van der Waals surface area contributed by atoms with Gasteiger partial charge in [0.05, 0.1) is 5.02 Å². The molecule has 0 fully saturated rings. The third-order valence-electron chi connectivity index (χ3n) is 2.38. The van der Waals surface area contributed by atoms with Crippen molar-refractivity contribution in [1.29, 1.82) is 0 Å². The van der Waals surface area contributed by atoms with Crippen LogP contribution in [0.1, 0.15) is 26.3 Å². The van der Waals surface area contributed by atoms with Crippen molar-refractivity contribution < 1.29 is 22.7 Å². The highest BCUT2D eigenvalue weighted by Gasteiger charge is 2.35. The van der Waals surface area contributed by atoms with Crippen LogP contribution in [0.3, 0.4) is 0 Å². The first-order valence-electron chi connectivity index (χ1n) is 6.36. The molecule has 0 unspecified atom stereocenters. The fraction of sp³-hybridized carbons (Fsp3) is 0.500. The van der Waals surface area contributed by atoms with Gasteiger partial charge in [0.2, 0.25) is 0 Å². The summed E-state index contributed by atoms with van der Waals surface area (Å²) in [5.41, 5.74) is -0.401. The summed E-state index contributed by atoms with van der Waals surface area (Å²) in [5.74, 6) is 0. The van der Waals surface area contributed by atoms with Crippen LogP contribution in [-0.4, -0.2) is 29.3 Å². The van der Waals surface area contributed by atoms with Crippen LogP contribution in [0.15, 0.2) is 22.7 Å². The molecule has 8 heteroatoms. The van der Waals surface area contributed by atoms with Crippen molar-refractivity contribution in [3.05, 3.63) is 33.3 Å². The zero-order chi connectivity index (χ0) is 17.1.